The number of nitrogens with zero attached hydrogens (tertiary/aromatic N) is 2. The first-order valence-electron chi connectivity index (χ1n) is 12.3. The molecule has 36 heavy (non-hydrogen) atoms. The third-order valence-electron chi connectivity index (χ3n) is 6.26. The average Bonchev–Trinajstić information content (AvgIpc) is 3.55. The van der Waals surface area contributed by atoms with E-state index in [2.05, 4.69) is 27.1 Å². The van der Waals surface area contributed by atoms with E-state index in [0.717, 1.165) is 29.2 Å². The van der Waals surface area contributed by atoms with Crippen LogP contribution in [0, 0.1) is 5.92 Å². The van der Waals surface area contributed by atoms with Gasteiger partial charge in [-0.25, -0.2) is 13.2 Å². The smallest absolute Gasteiger partial charge is 0.397 e. The number of esters is 1. The van der Waals surface area contributed by atoms with Crippen molar-refractivity contribution in [3.63, 3.8) is 0 Å². The standard InChI is InChI=1S/C25H32N4O5S2/c1-3-33-25(30)24-27-23(28-34-24)21-13-14-22(35-21)36(31,32)29-20-12-8-7-11-19(20)16-26-17(2)15-18-9-5-4-6-10-18/h7-8,11-14,17-18,26,29H,3-6,9-10,15-16H2,1-2H3/t17-/m0/s1. The van der Waals surface area contributed by atoms with Crippen LogP contribution in [0.5, 0.6) is 0 Å². The topological polar surface area (TPSA) is 123 Å². The van der Waals surface area contributed by atoms with Gasteiger partial charge in [-0.2, -0.15) is 4.98 Å². The van der Waals surface area contributed by atoms with Gasteiger partial charge in [0.25, 0.3) is 10.0 Å². The van der Waals surface area contributed by atoms with Gasteiger partial charge in [0.05, 0.1) is 17.2 Å². The lowest BCUT2D eigenvalue weighted by molar-refractivity contribution is 0.0470. The van der Waals surface area contributed by atoms with Crippen molar-refractivity contribution in [3.05, 3.63) is 47.9 Å². The second kappa shape index (κ2) is 12.0. The normalized spacial score (nSPS) is 15.5. The second-order valence-electron chi connectivity index (χ2n) is 9.05. The summed E-state index contributed by atoms with van der Waals surface area (Å²) in [6, 6.07) is 10.8. The number of thiophene rings is 1. The van der Waals surface area contributed by atoms with E-state index in [1.807, 2.05) is 18.2 Å². The summed E-state index contributed by atoms with van der Waals surface area (Å²) < 4.78 is 38.9. The third-order valence-corrected chi connectivity index (χ3v) is 9.20. The fourth-order valence-electron chi connectivity index (χ4n) is 4.44. The first kappa shape index (κ1) is 26.3. The van der Waals surface area contributed by atoms with Gasteiger partial charge in [-0.05, 0) is 49.9 Å². The molecule has 11 heteroatoms. The van der Waals surface area contributed by atoms with Crippen LogP contribution >= 0.6 is 11.3 Å². The highest BCUT2D eigenvalue weighted by atomic mass is 32.2. The molecule has 0 unspecified atom stereocenters. The number of sulfonamides is 1. The van der Waals surface area contributed by atoms with Crippen LogP contribution in [0.4, 0.5) is 5.69 Å². The summed E-state index contributed by atoms with van der Waals surface area (Å²) in [5.41, 5.74) is 1.42. The molecule has 0 saturated heterocycles. The Labute approximate surface area is 215 Å². The molecule has 1 aliphatic carbocycles. The molecular formula is C25H32N4O5S2. The predicted molar refractivity (Wildman–Crippen MR) is 138 cm³/mol. The quantitative estimate of drug-likeness (QED) is 0.322. The highest BCUT2D eigenvalue weighted by Crippen LogP contribution is 2.31. The summed E-state index contributed by atoms with van der Waals surface area (Å²) in [6.07, 6.45) is 7.75. The second-order valence-corrected chi connectivity index (χ2v) is 12.0. The van der Waals surface area contributed by atoms with E-state index in [1.54, 1.807) is 19.1 Å². The molecule has 0 radical (unpaired) electrons. The number of carbonyl (C=O) groups is 1. The summed E-state index contributed by atoms with van der Waals surface area (Å²) in [5, 5.41) is 7.33. The number of anilines is 1. The number of ether oxygens (including phenoxy) is 1. The summed E-state index contributed by atoms with van der Waals surface area (Å²) in [7, 11) is -3.84. The van der Waals surface area contributed by atoms with E-state index in [-0.39, 0.29) is 22.5 Å². The van der Waals surface area contributed by atoms with Gasteiger partial charge in [-0.1, -0.05) is 55.5 Å². The molecule has 1 aliphatic rings. The van der Waals surface area contributed by atoms with E-state index in [4.69, 9.17) is 9.26 Å². The number of nitrogens with one attached hydrogen (secondary N) is 2. The lowest BCUT2D eigenvalue weighted by Gasteiger charge is -2.25. The van der Waals surface area contributed by atoms with Crippen molar-refractivity contribution >= 4 is 33.0 Å². The van der Waals surface area contributed by atoms with Crippen molar-refractivity contribution in [1.29, 1.82) is 0 Å². The zero-order chi connectivity index (χ0) is 25.5. The molecular weight excluding hydrogens is 500 g/mol. The van der Waals surface area contributed by atoms with Crippen LogP contribution in [0.2, 0.25) is 0 Å². The number of para-hydroxylation sites is 1. The Bertz CT molecular complexity index is 1260. The molecule has 1 saturated carbocycles. The Morgan fingerprint density at radius 2 is 1.97 bits per heavy atom. The van der Waals surface area contributed by atoms with Crippen molar-refractivity contribution in [3.8, 4) is 10.7 Å². The molecule has 1 fully saturated rings. The molecule has 0 spiro atoms. The molecule has 9 nitrogen and oxygen atoms in total. The first-order chi connectivity index (χ1) is 17.4. The summed E-state index contributed by atoms with van der Waals surface area (Å²) in [6.45, 7) is 4.62. The number of rotatable bonds is 11. The fraction of sp³-hybridized carbons (Fsp3) is 0.480. The van der Waals surface area contributed by atoms with E-state index < -0.39 is 16.0 Å². The van der Waals surface area contributed by atoms with Crippen molar-refractivity contribution in [2.75, 3.05) is 11.3 Å². The number of hydrogen-bond acceptors (Lipinski definition) is 9. The van der Waals surface area contributed by atoms with Crippen LogP contribution in [-0.2, 0) is 21.3 Å². The van der Waals surface area contributed by atoms with Crippen molar-refractivity contribution in [1.82, 2.24) is 15.5 Å². The maximum atomic E-state index is 13.1. The molecule has 194 valence electrons. The lowest BCUT2D eigenvalue weighted by atomic mass is 9.85. The Kier molecular flexibility index (Phi) is 8.76. The Hall–Kier alpha value is -2.76. The minimum absolute atomic E-state index is 0.105. The van der Waals surface area contributed by atoms with Crippen LogP contribution < -0.4 is 10.0 Å². The molecule has 2 heterocycles. The van der Waals surface area contributed by atoms with Gasteiger partial charge in [-0.3, -0.25) is 4.72 Å². The van der Waals surface area contributed by atoms with Gasteiger partial charge in [0.2, 0.25) is 5.82 Å². The van der Waals surface area contributed by atoms with Gasteiger partial charge in [0.15, 0.2) is 0 Å². The van der Waals surface area contributed by atoms with Gasteiger partial charge in [-0.15, -0.1) is 11.3 Å². The zero-order valence-electron chi connectivity index (χ0n) is 20.5. The molecule has 0 aliphatic heterocycles. The largest absolute Gasteiger partial charge is 0.459 e. The SMILES string of the molecule is CCOC(=O)c1nc(-c2ccc(S(=O)(=O)Nc3ccccc3CN[C@@H](C)CC3CCCCC3)s2)no1. The molecule has 0 amide bonds. The Morgan fingerprint density at radius 1 is 1.19 bits per heavy atom. The monoisotopic (exact) mass is 532 g/mol. The number of benzene rings is 1. The maximum absolute atomic E-state index is 13.1. The molecule has 1 atom stereocenters. The molecule has 2 aromatic heterocycles. The highest BCUT2D eigenvalue weighted by molar-refractivity contribution is 7.94. The van der Waals surface area contributed by atoms with Crippen LogP contribution in [0.1, 0.15) is 68.6 Å². The van der Waals surface area contributed by atoms with Crippen molar-refractivity contribution < 1.29 is 22.5 Å². The van der Waals surface area contributed by atoms with Crippen LogP contribution in [0.3, 0.4) is 0 Å². The molecule has 4 rings (SSSR count). The predicted octanol–water partition coefficient (Wildman–Crippen LogP) is 5.22. The van der Waals surface area contributed by atoms with E-state index in [1.165, 1.54) is 38.2 Å². The first-order valence-corrected chi connectivity index (χ1v) is 14.6. The molecule has 0 bridgehead atoms. The van der Waals surface area contributed by atoms with Gasteiger partial charge in [0.1, 0.15) is 4.21 Å². The zero-order valence-corrected chi connectivity index (χ0v) is 22.2. The van der Waals surface area contributed by atoms with Gasteiger partial charge < -0.3 is 14.6 Å². The van der Waals surface area contributed by atoms with Crippen LogP contribution in [-0.4, -0.2) is 37.2 Å². The minimum Gasteiger partial charge on any atom is -0.459 e. The highest BCUT2D eigenvalue weighted by Gasteiger charge is 2.23. The van der Waals surface area contributed by atoms with Crippen LogP contribution in [0.15, 0.2) is 45.1 Å². The van der Waals surface area contributed by atoms with E-state index in [0.29, 0.717) is 23.2 Å². The van der Waals surface area contributed by atoms with Gasteiger partial charge >= 0.3 is 11.9 Å². The molecule has 1 aromatic carbocycles. The minimum atomic E-state index is -3.84. The summed E-state index contributed by atoms with van der Waals surface area (Å²) in [4.78, 5) is 16.2. The third kappa shape index (κ3) is 6.71. The fourth-order valence-corrected chi connectivity index (χ4v) is 6.78. The summed E-state index contributed by atoms with van der Waals surface area (Å²) in [5.74, 6) is -0.0980. The van der Waals surface area contributed by atoms with Gasteiger partial charge in [0, 0.05) is 12.6 Å². The molecule has 3 aromatic rings. The van der Waals surface area contributed by atoms with E-state index in [9.17, 15) is 13.2 Å². The van der Waals surface area contributed by atoms with E-state index >= 15 is 0 Å². The lowest BCUT2D eigenvalue weighted by Crippen LogP contribution is -2.29. The summed E-state index contributed by atoms with van der Waals surface area (Å²) >= 11 is 0.991. The van der Waals surface area contributed by atoms with Crippen molar-refractivity contribution in [2.45, 2.75) is 69.2 Å². The molecule has 2 N–H and O–H groups in total. The maximum Gasteiger partial charge on any atom is 0.397 e. The van der Waals surface area contributed by atoms with Crippen molar-refractivity contribution in [2.24, 2.45) is 5.92 Å². The average molecular weight is 533 g/mol. The van der Waals surface area contributed by atoms with Crippen LogP contribution in [0.25, 0.3) is 10.7 Å². The number of hydrogen-bond donors (Lipinski definition) is 2. The Morgan fingerprint density at radius 3 is 2.75 bits per heavy atom. The number of aromatic nitrogens is 2. The number of carbonyl (C=O) groups excluding carboxylic acids is 1. The Balaban J connectivity index is 1.41.